The normalized spacial score (nSPS) is 25.6. The predicted octanol–water partition coefficient (Wildman–Crippen LogP) is -1.82. The maximum Gasteiger partial charge on any atom is 0.326 e. The lowest BCUT2D eigenvalue weighted by atomic mass is 10.1. The Kier molecular flexibility index (Phi) is 4.24. The van der Waals surface area contributed by atoms with Gasteiger partial charge in [0.1, 0.15) is 12.1 Å². The van der Waals surface area contributed by atoms with Crippen molar-refractivity contribution < 1.29 is 19.5 Å². The van der Waals surface area contributed by atoms with Crippen LogP contribution in [0.25, 0.3) is 0 Å². The van der Waals surface area contributed by atoms with Crippen LogP contribution in [0.5, 0.6) is 0 Å². The van der Waals surface area contributed by atoms with Crippen molar-refractivity contribution in [1.29, 1.82) is 0 Å². The van der Waals surface area contributed by atoms with Crippen molar-refractivity contribution >= 4 is 17.8 Å². The summed E-state index contributed by atoms with van der Waals surface area (Å²) < 4.78 is 0. The van der Waals surface area contributed by atoms with E-state index in [-0.39, 0.29) is 6.42 Å². The van der Waals surface area contributed by atoms with E-state index in [4.69, 9.17) is 10.8 Å². The molecule has 1 fully saturated rings. The van der Waals surface area contributed by atoms with Gasteiger partial charge in [-0.1, -0.05) is 0 Å². The third-order valence-corrected chi connectivity index (χ3v) is 2.35. The van der Waals surface area contributed by atoms with Crippen LogP contribution in [0, 0.1) is 0 Å². The van der Waals surface area contributed by atoms with Crippen LogP contribution < -0.4 is 16.4 Å². The summed E-state index contributed by atoms with van der Waals surface area (Å²) in [6, 6.07) is -1.82. The van der Waals surface area contributed by atoms with Crippen molar-refractivity contribution in [2.45, 2.75) is 31.3 Å². The number of nitrogens with two attached hydrogens (primary N) is 1. The first kappa shape index (κ1) is 12.4. The second kappa shape index (κ2) is 5.45. The van der Waals surface area contributed by atoms with Crippen molar-refractivity contribution in [2.24, 2.45) is 5.73 Å². The largest absolute Gasteiger partial charge is 0.480 e. The SMILES string of the molecule is NCCC[C@@H]1NC(=O)C[C@H](C(=O)O)NC1=O. The highest BCUT2D eigenvalue weighted by Crippen LogP contribution is 2.04. The first-order chi connectivity index (χ1) is 7.54. The van der Waals surface area contributed by atoms with E-state index in [1.165, 1.54) is 0 Å². The molecule has 0 aromatic rings. The highest BCUT2D eigenvalue weighted by atomic mass is 16.4. The van der Waals surface area contributed by atoms with Crippen LogP contribution in [-0.2, 0) is 14.4 Å². The molecule has 16 heavy (non-hydrogen) atoms. The zero-order valence-electron chi connectivity index (χ0n) is 8.73. The molecular weight excluding hydrogens is 214 g/mol. The van der Waals surface area contributed by atoms with E-state index in [9.17, 15) is 14.4 Å². The molecule has 2 atom stereocenters. The van der Waals surface area contributed by atoms with Gasteiger partial charge >= 0.3 is 5.97 Å². The fraction of sp³-hybridized carbons (Fsp3) is 0.667. The molecule has 0 aromatic carbocycles. The number of amides is 2. The average molecular weight is 229 g/mol. The molecule has 0 aliphatic carbocycles. The van der Waals surface area contributed by atoms with Gasteiger partial charge in [-0.2, -0.15) is 0 Å². The number of rotatable bonds is 4. The van der Waals surface area contributed by atoms with Gasteiger partial charge in [-0.3, -0.25) is 9.59 Å². The molecule has 0 unspecified atom stereocenters. The molecule has 1 saturated heterocycles. The van der Waals surface area contributed by atoms with Crippen molar-refractivity contribution in [2.75, 3.05) is 6.54 Å². The topological polar surface area (TPSA) is 122 Å². The molecule has 7 nitrogen and oxygen atoms in total. The lowest BCUT2D eigenvalue weighted by molar-refractivity contribution is -0.142. The number of carboxylic acid groups (broad SMARTS) is 1. The lowest BCUT2D eigenvalue weighted by Gasteiger charge is -2.14. The van der Waals surface area contributed by atoms with Gasteiger partial charge in [0, 0.05) is 0 Å². The molecule has 7 heteroatoms. The molecular formula is C9H15N3O4. The van der Waals surface area contributed by atoms with Crippen LogP contribution in [0.15, 0.2) is 0 Å². The lowest BCUT2D eigenvalue weighted by Crippen LogP contribution is -2.46. The van der Waals surface area contributed by atoms with Crippen molar-refractivity contribution in [3.8, 4) is 0 Å². The molecule has 0 saturated carbocycles. The quantitative estimate of drug-likeness (QED) is 0.452. The Morgan fingerprint density at radius 2 is 2.12 bits per heavy atom. The minimum Gasteiger partial charge on any atom is -0.480 e. The summed E-state index contributed by atoms with van der Waals surface area (Å²) in [5, 5.41) is 13.5. The molecule has 1 heterocycles. The van der Waals surface area contributed by atoms with Gasteiger partial charge < -0.3 is 21.5 Å². The average Bonchev–Trinajstić information content (AvgIpc) is 2.35. The van der Waals surface area contributed by atoms with Crippen LogP contribution in [0.2, 0.25) is 0 Å². The van der Waals surface area contributed by atoms with Gasteiger partial charge in [0.2, 0.25) is 11.8 Å². The van der Waals surface area contributed by atoms with Gasteiger partial charge in [-0.25, -0.2) is 4.79 Å². The van der Waals surface area contributed by atoms with Crippen LogP contribution in [0.4, 0.5) is 0 Å². The summed E-state index contributed by atoms with van der Waals surface area (Å²) in [7, 11) is 0. The molecule has 1 aliphatic heterocycles. The van der Waals surface area contributed by atoms with E-state index in [0.29, 0.717) is 19.4 Å². The minimum absolute atomic E-state index is 0.236. The Balaban J connectivity index is 2.67. The first-order valence-electron chi connectivity index (χ1n) is 5.07. The molecule has 1 aliphatic rings. The van der Waals surface area contributed by atoms with Crippen molar-refractivity contribution in [1.82, 2.24) is 10.6 Å². The monoisotopic (exact) mass is 229 g/mol. The Morgan fingerprint density at radius 3 is 2.69 bits per heavy atom. The number of hydrogen-bond acceptors (Lipinski definition) is 4. The van der Waals surface area contributed by atoms with Gasteiger partial charge in [0.25, 0.3) is 0 Å². The van der Waals surface area contributed by atoms with E-state index < -0.39 is 29.9 Å². The van der Waals surface area contributed by atoms with Crippen molar-refractivity contribution in [3.05, 3.63) is 0 Å². The van der Waals surface area contributed by atoms with E-state index in [1.54, 1.807) is 0 Å². The smallest absolute Gasteiger partial charge is 0.326 e. The standard InChI is InChI=1S/C9H15N3O4/c10-3-1-2-5-8(14)12-6(9(15)16)4-7(13)11-5/h5-6H,1-4,10H2,(H,11,13)(H,12,14)(H,15,16)/t5-,6+/m0/s1. The van der Waals surface area contributed by atoms with E-state index in [1.807, 2.05) is 0 Å². The second-order valence-corrected chi connectivity index (χ2v) is 3.65. The molecule has 2 amide bonds. The van der Waals surface area contributed by atoms with Crippen LogP contribution in [0.1, 0.15) is 19.3 Å². The molecule has 0 radical (unpaired) electrons. The summed E-state index contributed by atoms with van der Waals surface area (Å²) in [4.78, 5) is 33.6. The third-order valence-electron chi connectivity index (χ3n) is 2.35. The van der Waals surface area contributed by atoms with E-state index in [2.05, 4.69) is 10.6 Å². The Bertz CT molecular complexity index is 305. The molecule has 1 rings (SSSR count). The Hall–Kier alpha value is -1.63. The summed E-state index contributed by atoms with van der Waals surface area (Å²) in [6.07, 6.45) is 0.775. The summed E-state index contributed by atoms with van der Waals surface area (Å²) in [5.74, 6) is -2.11. The molecule has 0 bridgehead atoms. The Morgan fingerprint density at radius 1 is 1.44 bits per heavy atom. The maximum atomic E-state index is 11.6. The predicted molar refractivity (Wildman–Crippen MR) is 54.4 cm³/mol. The third kappa shape index (κ3) is 3.20. The summed E-state index contributed by atoms with van der Waals surface area (Å²) >= 11 is 0. The fourth-order valence-electron chi connectivity index (χ4n) is 1.50. The number of hydrogen-bond donors (Lipinski definition) is 4. The molecule has 5 N–H and O–H groups in total. The van der Waals surface area contributed by atoms with Gasteiger partial charge in [-0.15, -0.1) is 0 Å². The van der Waals surface area contributed by atoms with Crippen LogP contribution >= 0.6 is 0 Å². The zero-order valence-corrected chi connectivity index (χ0v) is 8.73. The van der Waals surface area contributed by atoms with E-state index in [0.717, 1.165) is 0 Å². The summed E-state index contributed by atoms with van der Waals surface area (Å²) in [5.41, 5.74) is 5.30. The molecule has 0 spiro atoms. The fourth-order valence-corrected chi connectivity index (χ4v) is 1.50. The number of carbonyl (C=O) groups excluding carboxylic acids is 2. The van der Waals surface area contributed by atoms with Gasteiger partial charge in [-0.05, 0) is 19.4 Å². The van der Waals surface area contributed by atoms with Crippen LogP contribution in [0.3, 0.4) is 0 Å². The number of nitrogens with one attached hydrogen (secondary N) is 2. The zero-order chi connectivity index (χ0) is 12.1. The molecule has 90 valence electrons. The highest BCUT2D eigenvalue weighted by molar-refractivity contribution is 5.95. The van der Waals surface area contributed by atoms with E-state index >= 15 is 0 Å². The first-order valence-corrected chi connectivity index (χ1v) is 5.07. The van der Waals surface area contributed by atoms with Gasteiger partial charge in [0.15, 0.2) is 0 Å². The number of aliphatic carboxylic acids is 1. The maximum absolute atomic E-state index is 11.6. The number of carbonyl (C=O) groups is 3. The number of carboxylic acids is 1. The second-order valence-electron chi connectivity index (χ2n) is 3.65. The minimum atomic E-state index is -1.21. The molecule has 0 aromatic heterocycles. The van der Waals surface area contributed by atoms with Crippen molar-refractivity contribution in [3.63, 3.8) is 0 Å². The van der Waals surface area contributed by atoms with Gasteiger partial charge in [0.05, 0.1) is 6.42 Å². The highest BCUT2D eigenvalue weighted by Gasteiger charge is 2.32. The van der Waals surface area contributed by atoms with Crippen LogP contribution in [-0.4, -0.2) is 41.5 Å². The summed E-state index contributed by atoms with van der Waals surface area (Å²) in [6.45, 7) is 0.419. The Labute approximate surface area is 92.4 Å².